The molecule has 16 heavy (non-hydrogen) atoms. The van der Waals surface area contributed by atoms with Crippen LogP contribution in [0.15, 0.2) is 0 Å². The minimum absolute atomic E-state index is 0.0359. The van der Waals surface area contributed by atoms with Gasteiger partial charge in [0.15, 0.2) is 0 Å². The number of hydrogen-bond acceptors (Lipinski definition) is 4. The van der Waals surface area contributed by atoms with E-state index in [2.05, 4.69) is 15.4 Å². The summed E-state index contributed by atoms with van der Waals surface area (Å²) in [7, 11) is -3.13. The van der Waals surface area contributed by atoms with Crippen molar-refractivity contribution in [3.8, 4) is 0 Å². The van der Waals surface area contributed by atoms with Crippen molar-refractivity contribution in [1.82, 2.24) is 15.4 Å². The standard InChI is InChI=1S/C9H19N3O3S/c1-16(14,15)12-5-4-10-7-9(13)11-6-8-2-3-8/h8,10,12H,2-7H2,1H3,(H,11,13). The number of carbonyl (C=O) groups excluding carboxylic acids is 1. The molecule has 3 N–H and O–H groups in total. The molecule has 0 atom stereocenters. The molecule has 1 aliphatic rings. The first-order valence-electron chi connectivity index (χ1n) is 5.39. The van der Waals surface area contributed by atoms with Gasteiger partial charge in [-0.15, -0.1) is 0 Å². The van der Waals surface area contributed by atoms with Gasteiger partial charge in [0.05, 0.1) is 12.8 Å². The van der Waals surface area contributed by atoms with Crippen LogP contribution in [0.5, 0.6) is 0 Å². The Morgan fingerprint density at radius 1 is 1.31 bits per heavy atom. The number of hydrogen-bond donors (Lipinski definition) is 3. The predicted octanol–water partition coefficient (Wildman–Crippen LogP) is -1.35. The zero-order valence-corrected chi connectivity index (χ0v) is 10.3. The van der Waals surface area contributed by atoms with Crippen LogP contribution in [0, 0.1) is 5.92 Å². The van der Waals surface area contributed by atoms with E-state index in [1.54, 1.807) is 0 Å². The Kier molecular flexibility index (Phi) is 5.17. The first kappa shape index (κ1) is 13.4. The fourth-order valence-corrected chi connectivity index (χ4v) is 1.64. The summed E-state index contributed by atoms with van der Waals surface area (Å²) in [6.45, 7) is 1.75. The van der Waals surface area contributed by atoms with Crippen LogP contribution in [0.25, 0.3) is 0 Å². The molecule has 0 aromatic heterocycles. The van der Waals surface area contributed by atoms with Crippen molar-refractivity contribution in [2.24, 2.45) is 5.92 Å². The molecule has 1 fully saturated rings. The molecule has 0 bridgehead atoms. The quantitative estimate of drug-likeness (QED) is 0.464. The van der Waals surface area contributed by atoms with Crippen LogP contribution in [0.4, 0.5) is 0 Å². The topological polar surface area (TPSA) is 87.3 Å². The van der Waals surface area contributed by atoms with Gasteiger partial charge < -0.3 is 10.6 Å². The highest BCUT2D eigenvalue weighted by Gasteiger charge is 2.21. The Balaban J connectivity index is 1.91. The van der Waals surface area contributed by atoms with Crippen molar-refractivity contribution in [2.75, 3.05) is 32.4 Å². The van der Waals surface area contributed by atoms with Gasteiger partial charge in [0, 0.05) is 19.6 Å². The monoisotopic (exact) mass is 249 g/mol. The lowest BCUT2D eigenvalue weighted by atomic mass is 10.4. The molecule has 0 spiro atoms. The van der Waals surface area contributed by atoms with Gasteiger partial charge in [-0.2, -0.15) is 0 Å². The zero-order chi connectivity index (χ0) is 12.0. The van der Waals surface area contributed by atoms with Crippen LogP contribution in [-0.4, -0.2) is 46.8 Å². The normalized spacial score (nSPS) is 16.1. The van der Waals surface area contributed by atoms with Crippen LogP contribution >= 0.6 is 0 Å². The van der Waals surface area contributed by atoms with Crippen LogP contribution in [0.2, 0.25) is 0 Å². The van der Waals surface area contributed by atoms with E-state index in [0.717, 1.165) is 12.8 Å². The van der Waals surface area contributed by atoms with Crippen LogP contribution in [-0.2, 0) is 14.8 Å². The second-order valence-corrected chi connectivity index (χ2v) is 5.92. The van der Waals surface area contributed by atoms with E-state index >= 15 is 0 Å². The van der Waals surface area contributed by atoms with Crippen LogP contribution in [0.1, 0.15) is 12.8 Å². The molecule has 0 saturated heterocycles. The van der Waals surface area contributed by atoms with E-state index in [1.807, 2.05) is 0 Å². The van der Waals surface area contributed by atoms with Gasteiger partial charge in [-0.3, -0.25) is 4.79 Å². The highest BCUT2D eigenvalue weighted by atomic mass is 32.2. The number of nitrogens with one attached hydrogen (secondary N) is 3. The van der Waals surface area contributed by atoms with E-state index in [-0.39, 0.29) is 12.5 Å². The SMILES string of the molecule is CS(=O)(=O)NCCNCC(=O)NCC1CC1. The Morgan fingerprint density at radius 2 is 2.00 bits per heavy atom. The van der Waals surface area contributed by atoms with Crippen molar-refractivity contribution in [3.63, 3.8) is 0 Å². The Labute approximate surface area is 96.2 Å². The number of amides is 1. The van der Waals surface area contributed by atoms with E-state index in [0.29, 0.717) is 19.0 Å². The van der Waals surface area contributed by atoms with Crippen LogP contribution in [0.3, 0.4) is 0 Å². The first-order valence-corrected chi connectivity index (χ1v) is 7.28. The maximum Gasteiger partial charge on any atom is 0.233 e. The summed E-state index contributed by atoms with van der Waals surface area (Å²) in [5, 5.41) is 5.67. The van der Waals surface area contributed by atoms with Crippen molar-refractivity contribution in [2.45, 2.75) is 12.8 Å². The molecule has 0 heterocycles. The Bertz CT molecular complexity index is 325. The lowest BCUT2D eigenvalue weighted by Crippen LogP contribution is -2.38. The fourth-order valence-electron chi connectivity index (χ4n) is 1.17. The fraction of sp³-hybridized carbons (Fsp3) is 0.889. The van der Waals surface area contributed by atoms with Gasteiger partial charge in [0.2, 0.25) is 15.9 Å². The molecule has 0 aliphatic heterocycles. The van der Waals surface area contributed by atoms with Gasteiger partial charge in [0.1, 0.15) is 0 Å². The molecule has 94 valence electrons. The predicted molar refractivity (Wildman–Crippen MR) is 61.4 cm³/mol. The minimum atomic E-state index is -3.13. The van der Waals surface area contributed by atoms with Crippen molar-refractivity contribution in [1.29, 1.82) is 0 Å². The van der Waals surface area contributed by atoms with Crippen LogP contribution < -0.4 is 15.4 Å². The number of carbonyl (C=O) groups is 1. The lowest BCUT2D eigenvalue weighted by molar-refractivity contribution is -0.120. The summed E-state index contributed by atoms with van der Waals surface area (Å²) in [5.74, 6) is 0.641. The van der Waals surface area contributed by atoms with Gasteiger partial charge in [-0.25, -0.2) is 13.1 Å². The molecule has 7 heteroatoms. The average Bonchev–Trinajstić information content (AvgIpc) is 2.95. The van der Waals surface area contributed by atoms with Gasteiger partial charge >= 0.3 is 0 Å². The largest absolute Gasteiger partial charge is 0.355 e. The summed E-state index contributed by atoms with van der Waals surface area (Å²) >= 11 is 0. The summed E-state index contributed by atoms with van der Waals surface area (Å²) in [6, 6.07) is 0. The summed E-state index contributed by atoms with van der Waals surface area (Å²) in [4.78, 5) is 11.2. The summed E-state index contributed by atoms with van der Waals surface area (Å²) < 4.78 is 23.7. The van der Waals surface area contributed by atoms with Gasteiger partial charge in [0.25, 0.3) is 0 Å². The summed E-state index contributed by atoms with van der Waals surface area (Å²) in [5.41, 5.74) is 0. The van der Waals surface area contributed by atoms with Crippen molar-refractivity contribution >= 4 is 15.9 Å². The van der Waals surface area contributed by atoms with Crippen molar-refractivity contribution in [3.05, 3.63) is 0 Å². The molecule has 1 aliphatic carbocycles. The third-order valence-electron chi connectivity index (χ3n) is 2.24. The molecular weight excluding hydrogens is 230 g/mol. The maximum atomic E-state index is 11.2. The molecule has 1 amide bonds. The minimum Gasteiger partial charge on any atom is -0.355 e. The zero-order valence-electron chi connectivity index (χ0n) is 9.45. The molecule has 0 radical (unpaired) electrons. The van der Waals surface area contributed by atoms with E-state index in [9.17, 15) is 13.2 Å². The molecule has 0 aromatic carbocycles. The smallest absolute Gasteiger partial charge is 0.233 e. The molecule has 0 unspecified atom stereocenters. The second-order valence-electron chi connectivity index (χ2n) is 4.09. The Hall–Kier alpha value is -0.660. The summed E-state index contributed by atoms with van der Waals surface area (Å²) in [6.07, 6.45) is 3.54. The maximum absolute atomic E-state index is 11.2. The highest BCUT2D eigenvalue weighted by molar-refractivity contribution is 7.88. The second kappa shape index (κ2) is 6.17. The molecule has 1 rings (SSSR count). The highest BCUT2D eigenvalue weighted by Crippen LogP contribution is 2.27. The molecular formula is C9H19N3O3S. The van der Waals surface area contributed by atoms with Gasteiger partial charge in [-0.05, 0) is 18.8 Å². The molecule has 6 nitrogen and oxygen atoms in total. The van der Waals surface area contributed by atoms with Gasteiger partial charge in [-0.1, -0.05) is 0 Å². The molecule has 1 saturated carbocycles. The van der Waals surface area contributed by atoms with E-state index < -0.39 is 10.0 Å². The molecule has 0 aromatic rings. The number of sulfonamides is 1. The number of rotatable bonds is 8. The van der Waals surface area contributed by atoms with E-state index in [4.69, 9.17) is 0 Å². The van der Waals surface area contributed by atoms with E-state index in [1.165, 1.54) is 12.8 Å². The van der Waals surface area contributed by atoms with Crippen molar-refractivity contribution < 1.29 is 13.2 Å². The first-order chi connectivity index (χ1) is 7.47. The Morgan fingerprint density at radius 3 is 2.56 bits per heavy atom. The lowest BCUT2D eigenvalue weighted by Gasteiger charge is -2.06. The third-order valence-corrected chi connectivity index (χ3v) is 2.96. The third kappa shape index (κ3) is 7.61. The average molecular weight is 249 g/mol.